The summed E-state index contributed by atoms with van der Waals surface area (Å²) >= 11 is 6.42. The molecule has 0 saturated carbocycles. The lowest BCUT2D eigenvalue weighted by atomic mass is 9.94. The lowest BCUT2D eigenvalue weighted by Crippen LogP contribution is -2.29. The highest BCUT2D eigenvalue weighted by molar-refractivity contribution is 6.52. The van der Waals surface area contributed by atoms with Gasteiger partial charge in [-0.3, -0.25) is 19.3 Å². The number of carbonyl (C=O) groups excluding carboxylic acids is 3. The van der Waals surface area contributed by atoms with Crippen molar-refractivity contribution in [1.29, 1.82) is 0 Å². The first kappa shape index (κ1) is 26.8. The minimum absolute atomic E-state index is 0.104. The summed E-state index contributed by atoms with van der Waals surface area (Å²) in [5, 5.41) is 14.4. The molecule has 1 atom stereocenters. The third-order valence-electron chi connectivity index (χ3n) is 6.12. The van der Waals surface area contributed by atoms with E-state index in [1.165, 1.54) is 17.9 Å². The van der Waals surface area contributed by atoms with E-state index in [0.717, 1.165) is 5.69 Å². The maximum atomic E-state index is 13.5. The number of aliphatic hydroxyl groups is 1. The van der Waals surface area contributed by atoms with E-state index >= 15 is 0 Å². The number of hydrogen-bond acceptors (Lipinski definition) is 6. The van der Waals surface area contributed by atoms with E-state index in [4.69, 9.17) is 16.3 Å². The molecular weight excluding hydrogens is 506 g/mol. The number of nitrogens with one attached hydrogen (secondary N) is 1. The topological polar surface area (TPSA) is 99.2 Å². The molecule has 4 rings (SSSR count). The van der Waals surface area contributed by atoms with E-state index in [1.54, 1.807) is 36.4 Å². The first-order valence-electron chi connectivity index (χ1n) is 12.0. The summed E-state index contributed by atoms with van der Waals surface area (Å²) in [6.45, 7) is 3.60. The average Bonchev–Trinajstić information content (AvgIpc) is 3.15. The lowest BCUT2D eigenvalue weighted by molar-refractivity contribution is -0.132. The zero-order valence-corrected chi connectivity index (χ0v) is 22.2. The van der Waals surface area contributed by atoms with E-state index in [1.807, 2.05) is 50.2 Å². The molecule has 0 aliphatic carbocycles. The molecule has 38 heavy (non-hydrogen) atoms. The Hall–Kier alpha value is -4.30. The van der Waals surface area contributed by atoms with Crippen LogP contribution in [0.4, 0.5) is 17.1 Å². The Balaban J connectivity index is 1.93. The van der Waals surface area contributed by atoms with Crippen LogP contribution >= 0.6 is 11.6 Å². The molecule has 0 aromatic heterocycles. The molecule has 1 heterocycles. The van der Waals surface area contributed by atoms with Crippen LogP contribution in [0.3, 0.4) is 0 Å². The van der Waals surface area contributed by atoms with E-state index in [2.05, 4.69) is 5.32 Å². The zero-order chi connectivity index (χ0) is 27.6. The fraction of sp³-hybridized carbons (Fsp3) is 0.207. The Kier molecular flexibility index (Phi) is 7.73. The number of amides is 2. The molecule has 1 aliphatic rings. The number of rotatable bonds is 7. The molecule has 0 spiro atoms. The van der Waals surface area contributed by atoms with Gasteiger partial charge in [0.1, 0.15) is 11.5 Å². The van der Waals surface area contributed by atoms with Crippen LogP contribution in [0.2, 0.25) is 5.02 Å². The Morgan fingerprint density at radius 1 is 1.08 bits per heavy atom. The number of anilines is 3. The van der Waals surface area contributed by atoms with Crippen LogP contribution in [0, 0.1) is 0 Å². The normalized spacial score (nSPS) is 16.4. The molecule has 3 aromatic rings. The molecule has 1 unspecified atom stereocenters. The van der Waals surface area contributed by atoms with Crippen molar-refractivity contribution >= 4 is 52.0 Å². The highest BCUT2D eigenvalue weighted by atomic mass is 35.5. The average molecular weight is 534 g/mol. The maximum absolute atomic E-state index is 13.5. The van der Waals surface area contributed by atoms with Crippen LogP contribution in [0.15, 0.2) is 72.3 Å². The highest BCUT2D eigenvalue weighted by Gasteiger charge is 2.47. The van der Waals surface area contributed by atoms with Gasteiger partial charge in [-0.25, -0.2) is 0 Å². The van der Waals surface area contributed by atoms with Crippen molar-refractivity contribution in [3.8, 4) is 5.75 Å². The molecule has 1 saturated heterocycles. The van der Waals surface area contributed by atoms with E-state index < -0.39 is 23.5 Å². The first-order valence-corrected chi connectivity index (χ1v) is 12.4. The molecule has 2 amide bonds. The fourth-order valence-corrected chi connectivity index (χ4v) is 4.60. The van der Waals surface area contributed by atoms with Crippen LogP contribution in [-0.2, 0) is 14.4 Å². The number of Topliss-reactive ketones (excluding diaryl/α,β-unsaturated/α-hetero) is 1. The molecule has 1 fully saturated rings. The summed E-state index contributed by atoms with van der Waals surface area (Å²) < 4.78 is 5.55. The number of hydrogen-bond donors (Lipinski definition) is 2. The maximum Gasteiger partial charge on any atom is 0.300 e. The Morgan fingerprint density at radius 2 is 1.79 bits per heavy atom. The van der Waals surface area contributed by atoms with Gasteiger partial charge in [-0.1, -0.05) is 29.8 Å². The SMILES string of the molecule is CCOc1ccc(Cl)c(/C(O)=C2\C(=O)C(=O)N(c3cccc(NC(C)=O)c3)C2c2ccc(N(C)C)cc2)c1. The largest absolute Gasteiger partial charge is 0.507 e. The summed E-state index contributed by atoms with van der Waals surface area (Å²) in [5.41, 5.74) is 2.45. The number of ether oxygens (including phenoxy) is 1. The molecular formula is C29H28ClN3O5. The van der Waals surface area contributed by atoms with Crippen molar-refractivity contribution in [1.82, 2.24) is 0 Å². The summed E-state index contributed by atoms with van der Waals surface area (Å²) in [6, 6.07) is 17.8. The Labute approximate surface area is 226 Å². The van der Waals surface area contributed by atoms with Gasteiger partial charge in [0.05, 0.1) is 23.2 Å². The van der Waals surface area contributed by atoms with Crippen LogP contribution < -0.4 is 19.9 Å². The second-order valence-corrected chi connectivity index (χ2v) is 9.37. The molecule has 8 nitrogen and oxygen atoms in total. The third kappa shape index (κ3) is 5.21. The number of benzene rings is 3. The minimum Gasteiger partial charge on any atom is -0.507 e. The second kappa shape index (κ2) is 11.0. The number of nitrogens with zero attached hydrogens (tertiary/aromatic N) is 2. The van der Waals surface area contributed by atoms with Crippen LogP contribution in [0.5, 0.6) is 5.75 Å². The van der Waals surface area contributed by atoms with Crippen molar-refractivity contribution in [3.63, 3.8) is 0 Å². The van der Waals surface area contributed by atoms with Gasteiger partial charge in [-0.05, 0) is 61.0 Å². The second-order valence-electron chi connectivity index (χ2n) is 8.96. The quantitative estimate of drug-likeness (QED) is 0.240. The van der Waals surface area contributed by atoms with Gasteiger partial charge in [0, 0.05) is 43.6 Å². The monoisotopic (exact) mass is 533 g/mol. The number of aliphatic hydroxyl groups excluding tert-OH is 1. The summed E-state index contributed by atoms with van der Waals surface area (Å²) in [6.07, 6.45) is 0. The molecule has 0 bridgehead atoms. The summed E-state index contributed by atoms with van der Waals surface area (Å²) in [7, 11) is 3.81. The Morgan fingerprint density at radius 3 is 2.42 bits per heavy atom. The number of ketones is 1. The molecule has 3 aromatic carbocycles. The number of carbonyl (C=O) groups is 3. The first-order chi connectivity index (χ1) is 18.1. The Bertz CT molecular complexity index is 1430. The number of halogens is 1. The predicted octanol–water partition coefficient (Wildman–Crippen LogP) is 5.39. The van der Waals surface area contributed by atoms with Gasteiger partial charge in [-0.15, -0.1) is 0 Å². The molecule has 0 radical (unpaired) electrons. The lowest BCUT2D eigenvalue weighted by Gasteiger charge is -2.26. The van der Waals surface area contributed by atoms with Crippen molar-refractivity contribution in [3.05, 3.63) is 88.5 Å². The van der Waals surface area contributed by atoms with Gasteiger partial charge < -0.3 is 20.1 Å². The van der Waals surface area contributed by atoms with Crippen LogP contribution in [0.1, 0.15) is 31.0 Å². The van der Waals surface area contributed by atoms with Gasteiger partial charge >= 0.3 is 0 Å². The highest BCUT2D eigenvalue weighted by Crippen LogP contribution is 2.44. The zero-order valence-electron chi connectivity index (χ0n) is 21.5. The predicted molar refractivity (Wildman–Crippen MR) is 149 cm³/mol. The third-order valence-corrected chi connectivity index (χ3v) is 6.45. The standard InChI is InChI=1S/C29H28ClN3O5/c1-5-38-22-13-14-24(30)23(16-22)27(35)25-26(18-9-11-20(12-10-18)32(3)4)33(29(37)28(25)36)21-8-6-7-19(15-21)31-17(2)34/h6-16,26,35H,5H2,1-4H3,(H,31,34)/b27-25+. The summed E-state index contributed by atoms with van der Waals surface area (Å²) in [5.74, 6) is -1.89. The molecule has 196 valence electrons. The van der Waals surface area contributed by atoms with Gasteiger partial charge in [0.15, 0.2) is 0 Å². The van der Waals surface area contributed by atoms with Crippen molar-refractivity contribution in [2.24, 2.45) is 0 Å². The smallest absolute Gasteiger partial charge is 0.300 e. The molecule has 1 aliphatic heterocycles. The van der Waals surface area contributed by atoms with Crippen molar-refractivity contribution in [2.45, 2.75) is 19.9 Å². The van der Waals surface area contributed by atoms with Crippen LogP contribution in [-0.4, -0.2) is 43.4 Å². The molecule has 9 heteroatoms. The van der Waals surface area contributed by atoms with Gasteiger partial charge in [0.25, 0.3) is 11.7 Å². The van der Waals surface area contributed by atoms with Crippen LogP contribution in [0.25, 0.3) is 5.76 Å². The fourth-order valence-electron chi connectivity index (χ4n) is 4.39. The molecule has 2 N–H and O–H groups in total. The van der Waals surface area contributed by atoms with E-state index in [0.29, 0.717) is 29.3 Å². The van der Waals surface area contributed by atoms with Crippen molar-refractivity contribution < 1.29 is 24.2 Å². The van der Waals surface area contributed by atoms with E-state index in [-0.39, 0.29) is 22.1 Å². The van der Waals surface area contributed by atoms with Crippen molar-refractivity contribution in [2.75, 3.05) is 35.8 Å². The minimum atomic E-state index is -0.953. The summed E-state index contributed by atoms with van der Waals surface area (Å²) in [4.78, 5) is 41.8. The van der Waals surface area contributed by atoms with E-state index in [9.17, 15) is 19.5 Å². The van der Waals surface area contributed by atoms with Gasteiger partial charge in [0.2, 0.25) is 5.91 Å². The van der Waals surface area contributed by atoms with Gasteiger partial charge in [-0.2, -0.15) is 0 Å².